The van der Waals surface area contributed by atoms with Crippen LogP contribution in [0.3, 0.4) is 0 Å². The maximum Gasteiger partial charge on any atom is 0.240 e. The van der Waals surface area contributed by atoms with E-state index in [-0.39, 0.29) is 5.56 Å². The molecule has 0 radical (unpaired) electrons. The summed E-state index contributed by atoms with van der Waals surface area (Å²) in [5.74, 6) is -3.48. The Hall–Kier alpha value is -1.56. The zero-order valence-corrected chi connectivity index (χ0v) is 10.7. The fourth-order valence-corrected chi connectivity index (χ4v) is 1.94. The lowest BCUT2D eigenvalue weighted by Gasteiger charge is -2.25. The molecule has 0 bridgehead atoms. The van der Waals surface area contributed by atoms with Gasteiger partial charge in [-0.2, -0.15) is 0 Å². The van der Waals surface area contributed by atoms with Gasteiger partial charge >= 0.3 is 0 Å². The topological polar surface area (TPSA) is 55.1 Å². The van der Waals surface area contributed by atoms with E-state index in [1.165, 1.54) is 13.8 Å². The van der Waals surface area contributed by atoms with Crippen LogP contribution >= 0.6 is 0 Å². The molecule has 1 aliphatic rings. The van der Waals surface area contributed by atoms with Gasteiger partial charge in [0.2, 0.25) is 5.91 Å². The van der Waals surface area contributed by atoms with Crippen molar-refractivity contribution in [3.8, 4) is 0 Å². The van der Waals surface area contributed by atoms with Crippen molar-refractivity contribution in [2.75, 3.05) is 0 Å². The Morgan fingerprint density at radius 1 is 1.26 bits per heavy atom. The minimum absolute atomic E-state index is 0.300. The molecule has 1 aromatic rings. The quantitative estimate of drug-likeness (QED) is 0.883. The SMILES string of the molecule is CC(C)(N)C(=O)NC1(c2c(F)cc(F)cc2F)CC1. The number of nitrogens with two attached hydrogens (primary N) is 1. The van der Waals surface area contributed by atoms with Gasteiger partial charge in [-0.3, -0.25) is 4.79 Å². The van der Waals surface area contributed by atoms with Crippen molar-refractivity contribution in [1.29, 1.82) is 0 Å². The maximum atomic E-state index is 13.7. The highest BCUT2D eigenvalue weighted by Crippen LogP contribution is 2.47. The molecule has 6 heteroatoms. The number of benzene rings is 1. The molecule has 0 heterocycles. The highest BCUT2D eigenvalue weighted by atomic mass is 19.1. The third-order valence-corrected chi connectivity index (χ3v) is 3.17. The van der Waals surface area contributed by atoms with Crippen LogP contribution in [0.2, 0.25) is 0 Å². The van der Waals surface area contributed by atoms with E-state index >= 15 is 0 Å². The van der Waals surface area contributed by atoms with Crippen molar-refractivity contribution in [3.05, 3.63) is 35.1 Å². The molecule has 0 aliphatic heterocycles. The first-order chi connectivity index (χ1) is 8.66. The molecule has 0 spiro atoms. The van der Waals surface area contributed by atoms with E-state index in [1.54, 1.807) is 0 Å². The Balaban J connectivity index is 2.34. The summed E-state index contributed by atoms with van der Waals surface area (Å²) in [4.78, 5) is 11.8. The summed E-state index contributed by atoms with van der Waals surface area (Å²) in [6.45, 7) is 2.99. The van der Waals surface area contributed by atoms with Gasteiger partial charge in [0, 0.05) is 17.7 Å². The minimum Gasteiger partial charge on any atom is -0.345 e. The standard InChI is InChI=1S/C13H15F3N2O/c1-12(2,17)11(19)18-13(3-4-13)10-8(15)5-7(14)6-9(10)16/h5-6H,3-4,17H2,1-2H3,(H,18,19). The first-order valence-corrected chi connectivity index (χ1v) is 5.92. The molecule has 3 nitrogen and oxygen atoms in total. The number of hydrogen-bond donors (Lipinski definition) is 2. The van der Waals surface area contributed by atoms with E-state index in [0.29, 0.717) is 25.0 Å². The van der Waals surface area contributed by atoms with Crippen LogP contribution in [0, 0.1) is 17.5 Å². The second kappa shape index (κ2) is 4.23. The Morgan fingerprint density at radius 2 is 1.74 bits per heavy atom. The van der Waals surface area contributed by atoms with E-state index in [0.717, 1.165) is 0 Å². The summed E-state index contributed by atoms with van der Waals surface area (Å²) in [7, 11) is 0. The molecule has 1 aromatic carbocycles. The van der Waals surface area contributed by atoms with Crippen molar-refractivity contribution in [3.63, 3.8) is 0 Å². The monoisotopic (exact) mass is 272 g/mol. The predicted molar refractivity (Wildman–Crippen MR) is 63.6 cm³/mol. The highest BCUT2D eigenvalue weighted by Gasteiger charge is 2.50. The molecule has 0 aromatic heterocycles. The summed E-state index contributed by atoms with van der Waals surface area (Å²) >= 11 is 0. The van der Waals surface area contributed by atoms with Crippen LogP contribution in [0.1, 0.15) is 32.3 Å². The summed E-state index contributed by atoms with van der Waals surface area (Å²) in [5, 5.41) is 2.56. The fraction of sp³-hybridized carbons (Fsp3) is 0.462. The minimum atomic E-state index is -1.15. The van der Waals surface area contributed by atoms with Gasteiger partial charge in [0.15, 0.2) is 0 Å². The number of rotatable bonds is 3. The zero-order valence-electron chi connectivity index (χ0n) is 10.7. The smallest absolute Gasteiger partial charge is 0.240 e. The van der Waals surface area contributed by atoms with Crippen LogP contribution in [0.15, 0.2) is 12.1 Å². The molecular weight excluding hydrogens is 257 g/mol. The molecule has 1 aliphatic carbocycles. The van der Waals surface area contributed by atoms with E-state index in [2.05, 4.69) is 5.32 Å². The van der Waals surface area contributed by atoms with Gasteiger partial charge in [-0.1, -0.05) is 0 Å². The zero-order chi connectivity index (χ0) is 14.4. The van der Waals surface area contributed by atoms with Gasteiger partial charge in [-0.15, -0.1) is 0 Å². The molecule has 19 heavy (non-hydrogen) atoms. The molecule has 0 saturated heterocycles. The number of carbonyl (C=O) groups excluding carboxylic acids is 1. The molecule has 3 N–H and O–H groups in total. The van der Waals surface area contributed by atoms with Crippen molar-refractivity contribution in [2.45, 2.75) is 37.8 Å². The van der Waals surface area contributed by atoms with E-state index in [4.69, 9.17) is 5.73 Å². The number of hydrogen-bond acceptors (Lipinski definition) is 2. The Kier molecular flexibility index (Phi) is 3.09. The third kappa shape index (κ3) is 2.58. The largest absolute Gasteiger partial charge is 0.345 e. The van der Waals surface area contributed by atoms with Crippen molar-refractivity contribution in [2.24, 2.45) is 5.73 Å². The first kappa shape index (κ1) is 13.9. The van der Waals surface area contributed by atoms with Crippen LogP contribution in [0.25, 0.3) is 0 Å². The Labute approximate surface area is 109 Å². The summed E-state index contributed by atoms with van der Waals surface area (Å²) in [5.41, 5.74) is 3.08. The second-order valence-electron chi connectivity index (χ2n) is 5.50. The Morgan fingerprint density at radius 3 is 2.11 bits per heavy atom. The number of nitrogens with one attached hydrogen (secondary N) is 1. The normalized spacial score (nSPS) is 17.2. The van der Waals surface area contributed by atoms with Crippen molar-refractivity contribution in [1.82, 2.24) is 5.32 Å². The van der Waals surface area contributed by atoms with Crippen molar-refractivity contribution >= 4 is 5.91 Å². The van der Waals surface area contributed by atoms with Crippen LogP contribution in [0.5, 0.6) is 0 Å². The average molecular weight is 272 g/mol. The molecule has 1 saturated carbocycles. The number of carbonyl (C=O) groups is 1. The summed E-state index contributed by atoms with van der Waals surface area (Å²) in [6.07, 6.45) is 0.794. The first-order valence-electron chi connectivity index (χ1n) is 5.92. The lowest BCUT2D eigenvalue weighted by atomic mass is 10.00. The predicted octanol–water partition coefficient (Wildman–Crippen LogP) is 1.95. The van der Waals surface area contributed by atoms with E-state index in [1.807, 2.05) is 0 Å². The lowest BCUT2D eigenvalue weighted by molar-refractivity contribution is -0.126. The van der Waals surface area contributed by atoms with Crippen molar-refractivity contribution < 1.29 is 18.0 Å². The average Bonchev–Trinajstić information content (AvgIpc) is 2.95. The fourth-order valence-electron chi connectivity index (χ4n) is 1.94. The molecule has 0 atom stereocenters. The summed E-state index contributed by atoms with van der Waals surface area (Å²) < 4.78 is 40.3. The van der Waals surface area contributed by atoms with E-state index < -0.39 is 34.4 Å². The van der Waals surface area contributed by atoms with Gasteiger partial charge in [0.05, 0.1) is 11.1 Å². The highest BCUT2D eigenvalue weighted by molar-refractivity contribution is 5.86. The van der Waals surface area contributed by atoms with Gasteiger partial charge in [0.25, 0.3) is 0 Å². The summed E-state index contributed by atoms with van der Waals surface area (Å²) in [6, 6.07) is 1.22. The van der Waals surface area contributed by atoms with Crippen LogP contribution < -0.4 is 11.1 Å². The lowest BCUT2D eigenvalue weighted by Crippen LogP contribution is -2.52. The van der Waals surface area contributed by atoms with Crippen LogP contribution in [0.4, 0.5) is 13.2 Å². The van der Waals surface area contributed by atoms with Gasteiger partial charge in [0.1, 0.15) is 17.5 Å². The van der Waals surface area contributed by atoms with E-state index in [9.17, 15) is 18.0 Å². The molecule has 104 valence electrons. The van der Waals surface area contributed by atoms with Crippen LogP contribution in [-0.2, 0) is 10.3 Å². The maximum absolute atomic E-state index is 13.7. The second-order valence-corrected chi connectivity index (χ2v) is 5.50. The third-order valence-electron chi connectivity index (χ3n) is 3.17. The Bertz CT molecular complexity index is 510. The number of halogens is 3. The number of amides is 1. The van der Waals surface area contributed by atoms with Gasteiger partial charge in [-0.05, 0) is 26.7 Å². The molecule has 1 fully saturated rings. The molecule has 2 rings (SSSR count). The van der Waals surface area contributed by atoms with Gasteiger partial charge in [-0.25, -0.2) is 13.2 Å². The molecule has 0 unspecified atom stereocenters. The van der Waals surface area contributed by atoms with Crippen LogP contribution in [-0.4, -0.2) is 11.4 Å². The molecular formula is C13H15F3N2O. The molecule has 1 amide bonds. The van der Waals surface area contributed by atoms with Gasteiger partial charge < -0.3 is 11.1 Å².